The molecule has 0 aliphatic rings. The fourth-order valence-corrected chi connectivity index (χ4v) is 2.75. The van der Waals surface area contributed by atoms with E-state index in [1.807, 2.05) is 26.8 Å². The van der Waals surface area contributed by atoms with Gasteiger partial charge in [-0.1, -0.05) is 18.2 Å². The quantitative estimate of drug-likeness (QED) is 0.684. The summed E-state index contributed by atoms with van der Waals surface area (Å²) in [6.07, 6.45) is -0.718. The lowest BCUT2D eigenvalue weighted by molar-refractivity contribution is -0.122. The number of carbonyl (C=O) groups is 2. The highest BCUT2D eigenvalue weighted by Crippen LogP contribution is 2.25. The van der Waals surface area contributed by atoms with Gasteiger partial charge in [-0.15, -0.1) is 0 Å². The van der Waals surface area contributed by atoms with Gasteiger partial charge >= 0.3 is 0 Å². The van der Waals surface area contributed by atoms with Crippen LogP contribution in [-0.4, -0.2) is 38.2 Å². The summed E-state index contributed by atoms with van der Waals surface area (Å²) in [5.41, 5.74) is 4.02. The third-order valence-corrected chi connectivity index (χ3v) is 4.46. The zero-order valence-electron chi connectivity index (χ0n) is 17.1. The lowest BCUT2D eigenvalue weighted by atomic mass is 10.1. The van der Waals surface area contributed by atoms with E-state index in [9.17, 15) is 9.59 Å². The van der Waals surface area contributed by atoms with E-state index in [0.29, 0.717) is 30.2 Å². The number of benzene rings is 2. The maximum atomic E-state index is 12.6. The van der Waals surface area contributed by atoms with Crippen LogP contribution < -0.4 is 15.4 Å². The highest BCUT2D eigenvalue weighted by molar-refractivity contribution is 6.04. The molecule has 0 saturated carbocycles. The zero-order valence-corrected chi connectivity index (χ0v) is 17.1. The molecule has 28 heavy (non-hydrogen) atoms. The molecule has 1 atom stereocenters. The van der Waals surface area contributed by atoms with Crippen molar-refractivity contribution in [3.8, 4) is 5.75 Å². The van der Waals surface area contributed by atoms with Crippen molar-refractivity contribution in [1.29, 1.82) is 0 Å². The van der Waals surface area contributed by atoms with E-state index >= 15 is 0 Å². The first kappa shape index (κ1) is 21.4. The van der Waals surface area contributed by atoms with Crippen LogP contribution in [0.15, 0.2) is 36.4 Å². The van der Waals surface area contributed by atoms with Crippen molar-refractivity contribution in [2.24, 2.45) is 0 Å². The average Bonchev–Trinajstić information content (AvgIpc) is 2.66. The first-order valence-corrected chi connectivity index (χ1v) is 9.25. The summed E-state index contributed by atoms with van der Waals surface area (Å²) in [7, 11) is 1.57. The highest BCUT2D eigenvalue weighted by atomic mass is 16.5. The molecule has 0 heterocycles. The van der Waals surface area contributed by atoms with Crippen LogP contribution >= 0.6 is 0 Å². The Hall–Kier alpha value is -2.86. The van der Waals surface area contributed by atoms with Gasteiger partial charge in [0.05, 0.1) is 17.9 Å². The van der Waals surface area contributed by atoms with E-state index in [-0.39, 0.29) is 11.8 Å². The van der Waals surface area contributed by atoms with Gasteiger partial charge < -0.3 is 20.1 Å². The number of amides is 2. The Morgan fingerprint density at radius 1 is 1.11 bits per heavy atom. The van der Waals surface area contributed by atoms with Crippen molar-refractivity contribution >= 4 is 17.5 Å². The SMILES string of the molecule is COCCNC(=O)c1ccccc1NC(=O)C(C)Oc1cc(C)cc(C)c1C. The summed E-state index contributed by atoms with van der Waals surface area (Å²) in [5.74, 6) is 0.0909. The predicted molar refractivity (Wildman–Crippen MR) is 110 cm³/mol. The van der Waals surface area contributed by atoms with Gasteiger partial charge in [0.2, 0.25) is 0 Å². The van der Waals surface area contributed by atoms with Gasteiger partial charge in [-0.3, -0.25) is 9.59 Å². The molecule has 0 aliphatic carbocycles. The molecule has 2 amide bonds. The van der Waals surface area contributed by atoms with Crippen molar-refractivity contribution in [3.63, 3.8) is 0 Å². The van der Waals surface area contributed by atoms with E-state index in [4.69, 9.17) is 9.47 Å². The monoisotopic (exact) mass is 384 g/mol. The van der Waals surface area contributed by atoms with Gasteiger partial charge in [0.25, 0.3) is 11.8 Å². The first-order valence-electron chi connectivity index (χ1n) is 9.25. The van der Waals surface area contributed by atoms with Crippen molar-refractivity contribution < 1.29 is 19.1 Å². The molecule has 0 aromatic heterocycles. The van der Waals surface area contributed by atoms with Crippen LogP contribution in [-0.2, 0) is 9.53 Å². The molecule has 2 aromatic rings. The normalized spacial score (nSPS) is 11.6. The third-order valence-electron chi connectivity index (χ3n) is 4.46. The number of nitrogens with one attached hydrogen (secondary N) is 2. The lowest BCUT2D eigenvalue weighted by Crippen LogP contribution is -2.32. The van der Waals surface area contributed by atoms with Gasteiger partial charge in [0.1, 0.15) is 5.75 Å². The highest BCUT2D eigenvalue weighted by Gasteiger charge is 2.19. The van der Waals surface area contributed by atoms with E-state index in [1.54, 1.807) is 38.3 Å². The summed E-state index contributed by atoms with van der Waals surface area (Å²) in [5, 5.41) is 5.55. The Bertz CT molecular complexity index is 848. The second-order valence-corrected chi connectivity index (χ2v) is 6.75. The summed E-state index contributed by atoms with van der Waals surface area (Å²) < 4.78 is 10.8. The second kappa shape index (κ2) is 9.90. The molecular weight excluding hydrogens is 356 g/mol. The maximum Gasteiger partial charge on any atom is 0.265 e. The van der Waals surface area contributed by atoms with Gasteiger partial charge in [0.15, 0.2) is 6.10 Å². The van der Waals surface area contributed by atoms with E-state index in [0.717, 1.165) is 16.7 Å². The molecular formula is C22H28N2O4. The van der Waals surface area contributed by atoms with Crippen LogP contribution in [0.3, 0.4) is 0 Å². The van der Waals surface area contributed by atoms with Crippen molar-refractivity contribution in [2.45, 2.75) is 33.8 Å². The minimum Gasteiger partial charge on any atom is -0.481 e. The molecule has 2 N–H and O–H groups in total. The number of anilines is 1. The van der Waals surface area contributed by atoms with Crippen molar-refractivity contribution in [3.05, 3.63) is 58.7 Å². The van der Waals surface area contributed by atoms with Crippen LogP contribution in [0.25, 0.3) is 0 Å². The molecule has 0 fully saturated rings. The first-order chi connectivity index (χ1) is 13.3. The van der Waals surface area contributed by atoms with Crippen LogP contribution in [0.5, 0.6) is 5.75 Å². The predicted octanol–water partition coefficient (Wildman–Crippen LogP) is 3.39. The molecule has 6 heteroatoms. The number of hydrogen-bond acceptors (Lipinski definition) is 4. The molecule has 1 unspecified atom stereocenters. The van der Waals surface area contributed by atoms with E-state index in [1.165, 1.54) is 0 Å². The van der Waals surface area contributed by atoms with Crippen LogP contribution in [0, 0.1) is 20.8 Å². The summed E-state index contributed by atoms with van der Waals surface area (Å²) in [6.45, 7) is 8.46. The Labute approximate surface area is 166 Å². The van der Waals surface area contributed by atoms with Gasteiger partial charge in [-0.05, 0) is 62.6 Å². The Kier molecular flexibility index (Phi) is 7.58. The summed E-state index contributed by atoms with van der Waals surface area (Å²) in [6, 6.07) is 10.9. The molecule has 0 bridgehead atoms. The average molecular weight is 384 g/mol. The summed E-state index contributed by atoms with van der Waals surface area (Å²) >= 11 is 0. The number of para-hydroxylation sites is 1. The van der Waals surface area contributed by atoms with Gasteiger partial charge in [-0.2, -0.15) is 0 Å². The number of methoxy groups -OCH3 is 1. The Morgan fingerprint density at radius 3 is 2.54 bits per heavy atom. The number of hydrogen-bond donors (Lipinski definition) is 2. The minimum atomic E-state index is -0.718. The molecule has 150 valence electrons. The third kappa shape index (κ3) is 5.57. The van der Waals surface area contributed by atoms with E-state index in [2.05, 4.69) is 16.7 Å². The standard InChI is InChI=1S/C22H28N2O4/c1-14-12-15(2)16(3)20(13-14)28-17(4)21(25)24-19-9-7-6-8-18(19)22(26)23-10-11-27-5/h6-9,12-13,17H,10-11H2,1-5H3,(H,23,26)(H,24,25). The number of rotatable bonds is 8. The molecule has 0 aliphatic heterocycles. The van der Waals surface area contributed by atoms with Crippen LogP contribution in [0.4, 0.5) is 5.69 Å². The minimum absolute atomic E-state index is 0.272. The Balaban J connectivity index is 2.09. The van der Waals surface area contributed by atoms with Gasteiger partial charge in [-0.25, -0.2) is 0 Å². The lowest BCUT2D eigenvalue weighted by Gasteiger charge is -2.19. The zero-order chi connectivity index (χ0) is 20.7. The number of ether oxygens (including phenoxy) is 2. The number of aryl methyl sites for hydroxylation is 2. The van der Waals surface area contributed by atoms with Crippen LogP contribution in [0.2, 0.25) is 0 Å². The van der Waals surface area contributed by atoms with Crippen LogP contribution in [0.1, 0.15) is 34.0 Å². The van der Waals surface area contributed by atoms with E-state index < -0.39 is 6.10 Å². The summed E-state index contributed by atoms with van der Waals surface area (Å²) in [4.78, 5) is 25.0. The molecule has 6 nitrogen and oxygen atoms in total. The van der Waals surface area contributed by atoms with Gasteiger partial charge in [0, 0.05) is 13.7 Å². The molecule has 2 aromatic carbocycles. The number of carbonyl (C=O) groups excluding carboxylic acids is 2. The Morgan fingerprint density at radius 2 is 1.82 bits per heavy atom. The molecule has 0 spiro atoms. The topological polar surface area (TPSA) is 76.7 Å². The maximum absolute atomic E-state index is 12.6. The fraction of sp³-hybridized carbons (Fsp3) is 0.364. The van der Waals surface area contributed by atoms with Crippen molar-refractivity contribution in [1.82, 2.24) is 5.32 Å². The molecule has 0 saturated heterocycles. The van der Waals surface area contributed by atoms with Crippen molar-refractivity contribution in [2.75, 3.05) is 25.6 Å². The molecule has 0 radical (unpaired) electrons. The smallest absolute Gasteiger partial charge is 0.265 e. The fourth-order valence-electron chi connectivity index (χ4n) is 2.75. The largest absolute Gasteiger partial charge is 0.481 e. The molecule has 2 rings (SSSR count). The second-order valence-electron chi connectivity index (χ2n) is 6.75.